The molecular formula is C16H22ClN3O. The van der Waals surface area contributed by atoms with Gasteiger partial charge in [0.25, 0.3) is 0 Å². The average Bonchev–Trinajstić information content (AvgIpc) is 3.30. The maximum atomic E-state index is 12.5. The van der Waals surface area contributed by atoms with Gasteiger partial charge >= 0.3 is 6.03 Å². The Morgan fingerprint density at radius 3 is 2.90 bits per heavy atom. The van der Waals surface area contributed by atoms with Crippen molar-refractivity contribution < 1.29 is 4.79 Å². The van der Waals surface area contributed by atoms with Crippen molar-refractivity contribution in [2.24, 2.45) is 5.92 Å². The van der Waals surface area contributed by atoms with E-state index in [1.807, 2.05) is 23.1 Å². The lowest BCUT2D eigenvalue weighted by atomic mass is 9.99. The molecule has 21 heavy (non-hydrogen) atoms. The molecular weight excluding hydrogens is 286 g/mol. The Hall–Kier alpha value is -1.26. The van der Waals surface area contributed by atoms with Gasteiger partial charge in [-0.1, -0.05) is 17.7 Å². The molecule has 2 aliphatic rings. The lowest BCUT2D eigenvalue weighted by Crippen LogP contribution is -2.43. The van der Waals surface area contributed by atoms with Crippen LogP contribution in [0.1, 0.15) is 25.7 Å². The maximum absolute atomic E-state index is 12.5. The van der Waals surface area contributed by atoms with E-state index < -0.39 is 0 Å². The van der Waals surface area contributed by atoms with Crippen LogP contribution in [-0.2, 0) is 0 Å². The molecule has 3 rings (SSSR count). The number of hydrogen-bond acceptors (Lipinski definition) is 2. The Kier molecular flexibility index (Phi) is 4.66. The fourth-order valence-electron chi connectivity index (χ4n) is 2.90. The highest BCUT2D eigenvalue weighted by Crippen LogP contribution is 2.29. The molecule has 1 aliphatic heterocycles. The third kappa shape index (κ3) is 4.11. The van der Waals surface area contributed by atoms with Crippen molar-refractivity contribution in [3.63, 3.8) is 0 Å². The third-order valence-corrected chi connectivity index (χ3v) is 4.41. The second-order valence-corrected chi connectivity index (χ2v) is 6.47. The van der Waals surface area contributed by atoms with E-state index in [0.29, 0.717) is 17.0 Å². The topological polar surface area (TPSA) is 44.4 Å². The minimum atomic E-state index is 0.00494. The summed E-state index contributed by atoms with van der Waals surface area (Å²) in [4.78, 5) is 14.5. The van der Waals surface area contributed by atoms with Crippen LogP contribution in [-0.4, -0.2) is 36.6 Å². The largest absolute Gasteiger partial charge is 0.322 e. The van der Waals surface area contributed by atoms with Gasteiger partial charge in [-0.15, -0.1) is 0 Å². The molecule has 1 heterocycles. The number of hydrogen-bond donors (Lipinski definition) is 2. The molecule has 1 saturated carbocycles. The zero-order valence-corrected chi connectivity index (χ0v) is 12.9. The van der Waals surface area contributed by atoms with Crippen LogP contribution < -0.4 is 10.6 Å². The SMILES string of the molecule is O=C(Nc1cccc(Cl)c1)N(CC1CCCNC1)C1CC1. The van der Waals surface area contributed by atoms with E-state index in [1.54, 1.807) is 6.07 Å². The molecule has 0 spiro atoms. The number of anilines is 1. The normalized spacial score (nSPS) is 21.9. The van der Waals surface area contributed by atoms with E-state index in [1.165, 1.54) is 12.8 Å². The van der Waals surface area contributed by atoms with Gasteiger partial charge in [0.05, 0.1) is 0 Å². The summed E-state index contributed by atoms with van der Waals surface area (Å²) >= 11 is 5.97. The van der Waals surface area contributed by atoms with Crippen LogP contribution in [0.4, 0.5) is 10.5 Å². The fourth-order valence-corrected chi connectivity index (χ4v) is 3.09. The summed E-state index contributed by atoms with van der Waals surface area (Å²) in [6.45, 7) is 2.98. The molecule has 1 aromatic rings. The number of urea groups is 1. The summed E-state index contributed by atoms with van der Waals surface area (Å²) in [7, 11) is 0. The molecule has 2 amide bonds. The first kappa shape index (κ1) is 14.7. The Labute approximate surface area is 130 Å². The van der Waals surface area contributed by atoms with Gasteiger partial charge in [-0.25, -0.2) is 4.79 Å². The summed E-state index contributed by atoms with van der Waals surface area (Å²) in [6, 6.07) is 7.74. The Bertz CT molecular complexity index is 498. The predicted molar refractivity (Wildman–Crippen MR) is 85.8 cm³/mol. The van der Waals surface area contributed by atoms with Gasteiger partial charge in [-0.05, 0) is 62.9 Å². The number of amides is 2. The van der Waals surface area contributed by atoms with E-state index in [0.717, 1.165) is 38.2 Å². The molecule has 5 heteroatoms. The Morgan fingerprint density at radius 1 is 1.38 bits per heavy atom. The predicted octanol–water partition coefficient (Wildman–Crippen LogP) is 3.34. The van der Waals surface area contributed by atoms with Crippen molar-refractivity contribution in [2.75, 3.05) is 25.0 Å². The zero-order valence-electron chi connectivity index (χ0n) is 12.1. The first-order valence-electron chi connectivity index (χ1n) is 7.76. The summed E-state index contributed by atoms with van der Waals surface area (Å²) in [5, 5.41) is 7.04. The fraction of sp³-hybridized carbons (Fsp3) is 0.562. The van der Waals surface area contributed by atoms with Crippen LogP contribution in [0, 0.1) is 5.92 Å². The van der Waals surface area contributed by atoms with Crippen LogP contribution >= 0.6 is 11.6 Å². The lowest BCUT2D eigenvalue weighted by molar-refractivity contribution is 0.190. The van der Waals surface area contributed by atoms with Crippen LogP contribution in [0.2, 0.25) is 5.02 Å². The maximum Gasteiger partial charge on any atom is 0.322 e. The highest BCUT2D eigenvalue weighted by atomic mass is 35.5. The van der Waals surface area contributed by atoms with Crippen LogP contribution in [0.3, 0.4) is 0 Å². The monoisotopic (exact) mass is 307 g/mol. The number of nitrogens with one attached hydrogen (secondary N) is 2. The molecule has 1 unspecified atom stereocenters. The van der Waals surface area contributed by atoms with Crippen LogP contribution in [0.15, 0.2) is 24.3 Å². The number of piperidine rings is 1. The number of carbonyl (C=O) groups is 1. The van der Waals surface area contributed by atoms with Gasteiger partial charge in [0.15, 0.2) is 0 Å². The van der Waals surface area contributed by atoms with Crippen molar-refractivity contribution in [2.45, 2.75) is 31.7 Å². The minimum Gasteiger partial charge on any atom is -0.321 e. The molecule has 1 aromatic carbocycles. The summed E-state index contributed by atoms with van der Waals surface area (Å²) in [5.74, 6) is 0.574. The molecule has 1 atom stereocenters. The number of nitrogens with zero attached hydrogens (tertiary/aromatic N) is 1. The van der Waals surface area contributed by atoms with Crippen molar-refractivity contribution >= 4 is 23.3 Å². The molecule has 0 radical (unpaired) electrons. The van der Waals surface area contributed by atoms with Gasteiger partial charge in [0, 0.05) is 23.3 Å². The van der Waals surface area contributed by atoms with Gasteiger partial charge in [0.1, 0.15) is 0 Å². The van der Waals surface area contributed by atoms with Crippen LogP contribution in [0.25, 0.3) is 0 Å². The Balaban J connectivity index is 1.61. The van der Waals surface area contributed by atoms with Crippen molar-refractivity contribution in [1.82, 2.24) is 10.2 Å². The number of rotatable bonds is 4. The van der Waals surface area contributed by atoms with E-state index in [9.17, 15) is 4.79 Å². The lowest BCUT2D eigenvalue weighted by Gasteiger charge is -2.30. The zero-order chi connectivity index (χ0) is 14.7. The van der Waals surface area contributed by atoms with Crippen molar-refractivity contribution in [1.29, 1.82) is 0 Å². The smallest absolute Gasteiger partial charge is 0.321 e. The van der Waals surface area contributed by atoms with E-state index in [2.05, 4.69) is 10.6 Å². The third-order valence-electron chi connectivity index (χ3n) is 4.18. The van der Waals surface area contributed by atoms with E-state index in [-0.39, 0.29) is 6.03 Å². The molecule has 1 aliphatic carbocycles. The second kappa shape index (κ2) is 6.67. The first-order valence-corrected chi connectivity index (χ1v) is 8.14. The highest BCUT2D eigenvalue weighted by Gasteiger charge is 2.34. The van der Waals surface area contributed by atoms with Gasteiger partial charge in [0.2, 0.25) is 0 Å². The molecule has 1 saturated heterocycles. The van der Waals surface area contributed by atoms with Gasteiger partial charge in [-0.2, -0.15) is 0 Å². The highest BCUT2D eigenvalue weighted by molar-refractivity contribution is 6.30. The van der Waals surface area contributed by atoms with Gasteiger partial charge < -0.3 is 15.5 Å². The number of benzene rings is 1. The molecule has 4 nitrogen and oxygen atoms in total. The average molecular weight is 308 g/mol. The molecule has 2 fully saturated rings. The summed E-state index contributed by atoms with van der Waals surface area (Å²) in [5.41, 5.74) is 0.764. The quantitative estimate of drug-likeness (QED) is 0.896. The first-order chi connectivity index (χ1) is 10.2. The van der Waals surface area contributed by atoms with Crippen LogP contribution in [0.5, 0.6) is 0 Å². The molecule has 0 aromatic heterocycles. The molecule has 114 valence electrons. The Morgan fingerprint density at radius 2 is 2.24 bits per heavy atom. The number of carbonyl (C=O) groups excluding carboxylic acids is 1. The molecule has 2 N–H and O–H groups in total. The molecule has 0 bridgehead atoms. The van der Waals surface area contributed by atoms with Crippen molar-refractivity contribution in [3.8, 4) is 0 Å². The van der Waals surface area contributed by atoms with Gasteiger partial charge in [-0.3, -0.25) is 0 Å². The van der Waals surface area contributed by atoms with E-state index >= 15 is 0 Å². The summed E-state index contributed by atoms with van der Waals surface area (Å²) < 4.78 is 0. The van der Waals surface area contributed by atoms with E-state index in [4.69, 9.17) is 11.6 Å². The summed E-state index contributed by atoms with van der Waals surface area (Å²) in [6.07, 6.45) is 4.67. The number of halogens is 1. The minimum absolute atomic E-state index is 0.00494. The second-order valence-electron chi connectivity index (χ2n) is 6.04. The van der Waals surface area contributed by atoms with Crippen molar-refractivity contribution in [3.05, 3.63) is 29.3 Å². The standard InChI is InChI=1S/C16H22ClN3O/c17-13-4-1-5-14(9-13)19-16(21)20(15-6-7-15)11-12-3-2-8-18-10-12/h1,4-5,9,12,15,18H,2-3,6-8,10-11H2,(H,19,21).